The van der Waals surface area contributed by atoms with E-state index in [9.17, 15) is 4.79 Å². The summed E-state index contributed by atoms with van der Waals surface area (Å²) in [6.45, 7) is 6.99. The maximum absolute atomic E-state index is 12.0. The van der Waals surface area contributed by atoms with Crippen LogP contribution in [0.4, 0.5) is 0 Å². The molecule has 4 nitrogen and oxygen atoms in total. The van der Waals surface area contributed by atoms with Crippen LogP contribution in [0, 0.1) is 0 Å². The molecule has 0 bridgehead atoms. The molecule has 0 aromatic carbocycles. The van der Waals surface area contributed by atoms with Gasteiger partial charge in [-0.3, -0.25) is 9.69 Å². The quantitative estimate of drug-likeness (QED) is 0.660. The second kappa shape index (κ2) is 9.32. The summed E-state index contributed by atoms with van der Waals surface area (Å²) in [4.78, 5) is 14.2. The molecule has 0 aromatic rings. The average molecular weight is 269 g/mol. The van der Waals surface area contributed by atoms with Gasteiger partial charge < -0.3 is 10.6 Å². The summed E-state index contributed by atoms with van der Waals surface area (Å²) in [5.74, 6) is 0.171. The van der Waals surface area contributed by atoms with E-state index in [1.807, 2.05) is 0 Å². The van der Waals surface area contributed by atoms with Crippen LogP contribution < -0.4 is 10.6 Å². The first-order valence-electron chi connectivity index (χ1n) is 7.83. The molecule has 1 amide bonds. The second-order valence-electron chi connectivity index (χ2n) is 5.86. The number of likely N-dealkylation sites (N-methyl/N-ethyl adjacent to an activating group) is 1. The summed E-state index contributed by atoms with van der Waals surface area (Å²) in [5, 5.41) is 6.47. The summed E-state index contributed by atoms with van der Waals surface area (Å²) in [6, 6.07) is 0.864. The molecule has 1 fully saturated rings. The van der Waals surface area contributed by atoms with Gasteiger partial charge in [0, 0.05) is 12.1 Å². The highest BCUT2D eigenvalue weighted by atomic mass is 16.2. The Morgan fingerprint density at radius 3 is 2.68 bits per heavy atom. The zero-order valence-electron chi connectivity index (χ0n) is 12.9. The van der Waals surface area contributed by atoms with Gasteiger partial charge in [0.15, 0.2) is 0 Å². The predicted molar refractivity (Wildman–Crippen MR) is 80.3 cm³/mol. The van der Waals surface area contributed by atoms with E-state index in [2.05, 4.69) is 36.4 Å². The molecule has 0 radical (unpaired) electrons. The number of rotatable bonds is 8. The van der Waals surface area contributed by atoms with Gasteiger partial charge in [-0.1, -0.05) is 26.2 Å². The fraction of sp³-hybridized carbons (Fsp3) is 0.933. The lowest BCUT2D eigenvalue weighted by molar-refractivity contribution is -0.123. The molecule has 112 valence electrons. The second-order valence-corrected chi connectivity index (χ2v) is 5.86. The predicted octanol–water partition coefficient (Wildman–Crippen LogP) is 1.76. The maximum Gasteiger partial charge on any atom is 0.234 e. The van der Waals surface area contributed by atoms with Gasteiger partial charge in [0.1, 0.15) is 0 Å². The maximum atomic E-state index is 12.0. The molecule has 1 aliphatic heterocycles. The van der Waals surface area contributed by atoms with Crippen molar-refractivity contribution in [1.29, 1.82) is 0 Å². The fourth-order valence-electron chi connectivity index (χ4n) is 2.70. The number of amides is 1. The lowest BCUT2D eigenvalue weighted by atomic mass is 10.1. The van der Waals surface area contributed by atoms with Crippen LogP contribution >= 0.6 is 0 Å². The SMILES string of the molecule is CCCCCC(C)NC(=O)CN(C)C1CCNCC1. The van der Waals surface area contributed by atoms with Gasteiger partial charge >= 0.3 is 0 Å². The Kier molecular flexibility index (Phi) is 8.07. The van der Waals surface area contributed by atoms with Gasteiger partial charge in [-0.15, -0.1) is 0 Å². The van der Waals surface area contributed by atoms with Crippen LogP contribution in [-0.2, 0) is 4.79 Å². The number of piperidine rings is 1. The number of nitrogens with zero attached hydrogens (tertiary/aromatic N) is 1. The number of hydrogen-bond acceptors (Lipinski definition) is 3. The standard InChI is InChI=1S/C15H31N3O/c1-4-5-6-7-13(2)17-15(19)12-18(3)14-8-10-16-11-9-14/h13-14,16H,4-12H2,1-3H3,(H,17,19). The molecular formula is C15H31N3O. The molecule has 1 atom stereocenters. The third kappa shape index (κ3) is 6.92. The highest BCUT2D eigenvalue weighted by Gasteiger charge is 2.19. The molecular weight excluding hydrogens is 238 g/mol. The van der Waals surface area contributed by atoms with Gasteiger partial charge in [-0.05, 0) is 46.3 Å². The smallest absolute Gasteiger partial charge is 0.234 e. The molecule has 1 heterocycles. The van der Waals surface area contributed by atoms with Crippen LogP contribution in [0.1, 0.15) is 52.4 Å². The highest BCUT2D eigenvalue weighted by Crippen LogP contribution is 2.09. The molecule has 1 rings (SSSR count). The minimum atomic E-state index is 0.171. The van der Waals surface area contributed by atoms with E-state index >= 15 is 0 Å². The summed E-state index contributed by atoms with van der Waals surface area (Å²) < 4.78 is 0. The lowest BCUT2D eigenvalue weighted by Gasteiger charge is -2.31. The van der Waals surface area contributed by atoms with Crippen molar-refractivity contribution in [3.63, 3.8) is 0 Å². The van der Waals surface area contributed by atoms with Crippen molar-refractivity contribution in [2.24, 2.45) is 0 Å². The Morgan fingerprint density at radius 1 is 1.37 bits per heavy atom. The Balaban J connectivity index is 2.18. The van der Waals surface area contributed by atoms with Crippen LogP contribution in [0.15, 0.2) is 0 Å². The Bertz CT molecular complexity index is 252. The monoisotopic (exact) mass is 269 g/mol. The number of hydrogen-bond donors (Lipinski definition) is 2. The molecule has 0 spiro atoms. The van der Waals surface area contributed by atoms with Crippen LogP contribution in [-0.4, -0.2) is 49.6 Å². The summed E-state index contributed by atoms with van der Waals surface area (Å²) in [5.41, 5.74) is 0. The minimum absolute atomic E-state index is 0.171. The fourth-order valence-corrected chi connectivity index (χ4v) is 2.70. The molecule has 19 heavy (non-hydrogen) atoms. The van der Waals surface area contributed by atoms with Crippen LogP contribution in [0.25, 0.3) is 0 Å². The number of carbonyl (C=O) groups is 1. The van der Waals surface area contributed by atoms with E-state index in [1.165, 1.54) is 19.3 Å². The summed E-state index contributed by atoms with van der Waals surface area (Å²) >= 11 is 0. The third-order valence-corrected chi connectivity index (χ3v) is 3.97. The van der Waals surface area contributed by atoms with E-state index in [0.717, 1.165) is 32.4 Å². The Hall–Kier alpha value is -0.610. The van der Waals surface area contributed by atoms with Crippen LogP contribution in [0.3, 0.4) is 0 Å². The van der Waals surface area contributed by atoms with Gasteiger partial charge in [-0.25, -0.2) is 0 Å². The molecule has 1 saturated heterocycles. The van der Waals surface area contributed by atoms with E-state index in [1.54, 1.807) is 0 Å². The Labute approximate surface area is 118 Å². The van der Waals surface area contributed by atoms with Gasteiger partial charge in [0.25, 0.3) is 0 Å². The normalized spacial score (nSPS) is 18.5. The largest absolute Gasteiger partial charge is 0.353 e. The van der Waals surface area contributed by atoms with Crippen molar-refractivity contribution in [1.82, 2.24) is 15.5 Å². The van der Waals surface area contributed by atoms with E-state index in [0.29, 0.717) is 18.6 Å². The van der Waals surface area contributed by atoms with Crippen molar-refractivity contribution in [2.75, 3.05) is 26.7 Å². The number of nitrogens with one attached hydrogen (secondary N) is 2. The first-order valence-corrected chi connectivity index (χ1v) is 7.83. The van der Waals surface area contributed by atoms with Gasteiger partial charge in [0.2, 0.25) is 5.91 Å². The molecule has 2 N–H and O–H groups in total. The molecule has 1 aliphatic rings. The van der Waals surface area contributed by atoms with E-state index in [-0.39, 0.29) is 5.91 Å². The first-order chi connectivity index (χ1) is 9.13. The first kappa shape index (κ1) is 16.4. The minimum Gasteiger partial charge on any atom is -0.353 e. The number of unbranched alkanes of at least 4 members (excludes halogenated alkanes) is 2. The van der Waals surface area contributed by atoms with Crippen molar-refractivity contribution in [2.45, 2.75) is 64.5 Å². The van der Waals surface area contributed by atoms with Gasteiger partial charge in [0.05, 0.1) is 6.54 Å². The van der Waals surface area contributed by atoms with E-state index in [4.69, 9.17) is 0 Å². The zero-order valence-corrected chi connectivity index (χ0v) is 12.9. The van der Waals surface area contributed by atoms with Crippen molar-refractivity contribution < 1.29 is 4.79 Å². The van der Waals surface area contributed by atoms with E-state index < -0.39 is 0 Å². The Morgan fingerprint density at radius 2 is 2.05 bits per heavy atom. The molecule has 1 unspecified atom stereocenters. The summed E-state index contributed by atoms with van der Waals surface area (Å²) in [6.07, 6.45) is 7.10. The molecule has 0 aliphatic carbocycles. The highest BCUT2D eigenvalue weighted by molar-refractivity contribution is 5.78. The van der Waals surface area contributed by atoms with Crippen molar-refractivity contribution in [3.8, 4) is 0 Å². The molecule has 4 heteroatoms. The summed E-state index contributed by atoms with van der Waals surface area (Å²) in [7, 11) is 2.07. The van der Waals surface area contributed by atoms with Crippen molar-refractivity contribution in [3.05, 3.63) is 0 Å². The molecule has 0 aromatic heterocycles. The van der Waals surface area contributed by atoms with Crippen LogP contribution in [0.2, 0.25) is 0 Å². The number of carbonyl (C=O) groups excluding carboxylic acids is 1. The van der Waals surface area contributed by atoms with Gasteiger partial charge in [-0.2, -0.15) is 0 Å². The zero-order chi connectivity index (χ0) is 14.1. The average Bonchev–Trinajstić information content (AvgIpc) is 2.39. The van der Waals surface area contributed by atoms with Crippen LogP contribution in [0.5, 0.6) is 0 Å². The third-order valence-electron chi connectivity index (χ3n) is 3.97. The topological polar surface area (TPSA) is 44.4 Å². The van der Waals surface area contributed by atoms with Crippen molar-refractivity contribution >= 4 is 5.91 Å². The lowest BCUT2D eigenvalue weighted by Crippen LogP contribution is -2.46. The molecule has 0 saturated carbocycles.